The fourth-order valence-electron chi connectivity index (χ4n) is 1.11. The van der Waals surface area contributed by atoms with Gasteiger partial charge >= 0.3 is 0 Å². The van der Waals surface area contributed by atoms with E-state index in [4.69, 9.17) is 15.1 Å². The molecule has 1 rings (SSSR count). The predicted molar refractivity (Wildman–Crippen MR) is 35.5 cm³/mol. The number of alkyl halides is 1. The quantitative estimate of drug-likeness (QED) is 0.642. The Bertz CT molecular complexity index is 174. The second kappa shape index (κ2) is 3.16. The lowest BCUT2D eigenvalue weighted by molar-refractivity contribution is -0.156. The van der Waals surface area contributed by atoms with Crippen molar-refractivity contribution in [3.63, 3.8) is 0 Å². The number of nitriles is 1. The molecule has 4 heteroatoms. The molecule has 0 aromatic carbocycles. The summed E-state index contributed by atoms with van der Waals surface area (Å²) in [6.45, 7) is -0.0182. The highest BCUT2D eigenvalue weighted by molar-refractivity contribution is 4.98. The Hall–Kier alpha value is -0.660. The van der Waals surface area contributed by atoms with E-state index in [0.29, 0.717) is 0 Å². The van der Waals surface area contributed by atoms with Crippen LogP contribution in [-0.4, -0.2) is 31.1 Å². The minimum absolute atomic E-state index is 0.120. The first kappa shape index (κ1) is 8.44. The van der Waals surface area contributed by atoms with E-state index in [1.54, 1.807) is 0 Å². The van der Waals surface area contributed by atoms with Crippen LogP contribution in [0.1, 0.15) is 6.42 Å². The van der Waals surface area contributed by atoms with Gasteiger partial charge in [0, 0.05) is 6.42 Å². The number of halogens is 1. The zero-order valence-electron chi connectivity index (χ0n) is 6.09. The van der Waals surface area contributed by atoms with Crippen LogP contribution < -0.4 is 0 Å². The van der Waals surface area contributed by atoms with Gasteiger partial charge in [0.05, 0.1) is 31.3 Å². The van der Waals surface area contributed by atoms with Crippen LogP contribution in [0.3, 0.4) is 0 Å². The third kappa shape index (κ3) is 1.35. The molecule has 3 nitrogen and oxygen atoms in total. The smallest absolute Gasteiger partial charge is 0.134 e. The van der Waals surface area contributed by atoms with Gasteiger partial charge in [-0.3, -0.25) is 0 Å². The zero-order valence-corrected chi connectivity index (χ0v) is 6.09. The van der Waals surface area contributed by atoms with Gasteiger partial charge in [-0.2, -0.15) is 5.26 Å². The summed E-state index contributed by atoms with van der Waals surface area (Å²) >= 11 is 0. The van der Waals surface area contributed by atoms with Crippen molar-refractivity contribution >= 4 is 0 Å². The second-order valence-corrected chi connectivity index (χ2v) is 2.84. The highest BCUT2D eigenvalue weighted by Gasteiger charge is 2.45. The molecule has 0 amide bonds. The van der Waals surface area contributed by atoms with Crippen molar-refractivity contribution in [3.05, 3.63) is 0 Å². The van der Waals surface area contributed by atoms with Crippen LogP contribution in [0.15, 0.2) is 0 Å². The molecule has 0 aromatic heterocycles. The molecule has 1 fully saturated rings. The Morgan fingerprint density at radius 3 is 2.64 bits per heavy atom. The number of ether oxygens (including phenoxy) is 1. The Morgan fingerprint density at radius 2 is 2.36 bits per heavy atom. The van der Waals surface area contributed by atoms with Crippen LogP contribution >= 0.6 is 0 Å². The molecule has 0 aromatic rings. The highest BCUT2D eigenvalue weighted by atomic mass is 19.1. The maximum absolute atomic E-state index is 12.9. The molecule has 62 valence electrons. The number of hydrogen-bond donors (Lipinski definition) is 1. The number of nitrogens with zero attached hydrogens (tertiary/aromatic N) is 1. The molecule has 1 N–H and O–H groups in total. The Balaban J connectivity index is 2.53. The number of hydrogen-bond acceptors (Lipinski definition) is 3. The fourth-order valence-corrected chi connectivity index (χ4v) is 1.11. The van der Waals surface area contributed by atoms with Gasteiger partial charge in [-0.05, 0) is 0 Å². The minimum atomic E-state index is -1.32. The van der Waals surface area contributed by atoms with Gasteiger partial charge in [-0.15, -0.1) is 0 Å². The maximum atomic E-state index is 12.9. The van der Waals surface area contributed by atoms with Crippen molar-refractivity contribution in [2.75, 3.05) is 19.8 Å². The minimum Gasteiger partial charge on any atom is -0.393 e. The van der Waals surface area contributed by atoms with Crippen LogP contribution in [0.2, 0.25) is 0 Å². The third-order valence-corrected chi connectivity index (χ3v) is 2.03. The van der Waals surface area contributed by atoms with Gasteiger partial charge in [0.15, 0.2) is 0 Å². The summed E-state index contributed by atoms with van der Waals surface area (Å²) in [5.74, 6) is 0. The lowest BCUT2D eigenvalue weighted by atomic mass is 9.78. The fraction of sp³-hybridized carbons (Fsp3) is 0.857. The monoisotopic (exact) mass is 159 g/mol. The second-order valence-electron chi connectivity index (χ2n) is 2.84. The van der Waals surface area contributed by atoms with Gasteiger partial charge in [0.1, 0.15) is 6.17 Å². The molecule has 0 radical (unpaired) electrons. The molecule has 0 saturated carbocycles. The van der Waals surface area contributed by atoms with E-state index in [9.17, 15) is 4.39 Å². The Morgan fingerprint density at radius 1 is 1.73 bits per heavy atom. The zero-order chi connectivity index (χ0) is 8.32. The van der Waals surface area contributed by atoms with E-state index in [-0.39, 0.29) is 19.6 Å². The van der Waals surface area contributed by atoms with Crippen molar-refractivity contribution in [3.8, 4) is 6.07 Å². The van der Waals surface area contributed by atoms with Gasteiger partial charge in [-0.1, -0.05) is 0 Å². The molecule has 0 spiro atoms. The van der Waals surface area contributed by atoms with Crippen LogP contribution in [0.5, 0.6) is 0 Å². The summed E-state index contributed by atoms with van der Waals surface area (Å²) in [6.07, 6.45) is -1.20. The Labute approximate surface area is 64.4 Å². The first-order chi connectivity index (χ1) is 5.25. The predicted octanol–water partition coefficient (Wildman–Crippen LogP) is 0.247. The first-order valence-corrected chi connectivity index (χ1v) is 3.45. The van der Waals surface area contributed by atoms with Gasteiger partial charge < -0.3 is 9.84 Å². The largest absolute Gasteiger partial charge is 0.393 e. The molecule has 1 aliphatic heterocycles. The van der Waals surface area contributed by atoms with Crippen LogP contribution in [0.25, 0.3) is 0 Å². The summed E-state index contributed by atoms with van der Waals surface area (Å²) in [5.41, 5.74) is -0.719. The standard InChI is InChI=1S/C7H10FNO2/c8-6(3-10)7(1-2-9)4-11-5-7/h6,10H,1,3-5H2. The number of aliphatic hydroxyl groups excluding tert-OH is 1. The van der Waals surface area contributed by atoms with E-state index in [1.807, 2.05) is 6.07 Å². The van der Waals surface area contributed by atoms with E-state index in [1.165, 1.54) is 0 Å². The molecule has 1 heterocycles. The summed E-state index contributed by atoms with van der Waals surface area (Å²) in [7, 11) is 0. The summed E-state index contributed by atoms with van der Waals surface area (Å²) < 4.78 is 17.7. The maximum Gasteiger partial charge on any atom is 0.134 e. The van der Waals surface area contributed by atoms with Crippen LogP contribution in [0.4, 0.5) is 4.39 Å². The first-order valence-electron chi connectivity index (χ1n) is 3.45. The van der Waals surface area contributed by atoms with Crippen LogP contribution in [-0.2, 0) is 4.74 Å². The average Bonchev–Trinajstić information content (AvgIpc) is 1.95. The van der Waals surface area contributed by atoms with Crippen molar-refractivity contribution in [1.29, 1.82) is 5.26 Å². The molecule has 11 heavy (non-hydrogen) atoms. The van der Waals surface area contributed by atoms with Gasteiger partial charge in [0.2, 0.25) is 0 Å². The summed E-state index contributed by atoms with van der Waals surface area (Å²) in [4.78, 5) is 0. The molecule has 0 aliphatic carbocycles. The third-order valence-electron chi connectivity index (χ3n) is 2.03. The van der Waals surface area contributed by atoms with Crippen molar-refractivity contribution < 1.29 is 14.2 Å². The molecule has 1 atom stereocenters. The summed E-state index contributed by atoms with van der Waals surface area (Å²) in [5, 5.41) is 16.9. The van der Waals surface area contributed by atoms with E-state index >= 15 is 0 Å². The molecule has 0 bridgehead atoms. The van der Waals surface area contributed by atoms with Gasteiger partial charge in [-0.25, -0.2) is 4.39 Å². The molecule has 1 saturated heterocycles. The van der Waals surface area contributed by atoms with Crippen LogP contribution in [0, 0.1) is 16.7 Å². The van der Waals surface area contributed by atoms with Crippen molar-refractivity contribution in [2.24, 2.45) is 5.41 Å². The van der Waals surface area contributed by atoms with Gasteiger partial charge in [0.25, 0.3) is 0 Å². The average molecular weight is 159 g/mol. The Kier molecular flexibility index (Phi) is 2.42. The lowest BCUT2D eigenvalue weighted by Crippen LogP contribution is -2.50. The highest BCUT2D eigenvalue weighted by Crippen LogP contribution is 2.36. The number of aliphatic hydroxyl groups is 1. The van der Waals surface area contributed by atoms with E-state index in [2.05, 4.69) is 0 Å². The van der Waals surface area contributed by atoms with E-state index < -0.39 is 18.2 Å². The normalized spacial score (nSPS) is 23.4. The van der Waals surface area contributed by atoms with Crippen molar-refractivity contribution in [2.45, 2.75) is 12.6 Å². The SMILES string of the molecule is N#CCC1(C(F)CO)COC1. The molecular formula is C7H10FNO2. The topological polar surface area (TPSA) is 53.2 Å². The van der Waals surface area contributed by atoms with E-state index in [0.717, 1.165) is 0 Å². The molecule has 1 aliphatic rings. The molecular weight excluding hydrogens is 149 g/mol. The number of rotatable bonds is 3. The molecule has 1 unspecified atom stereocenters. The van der Waals surface area contributed by atoms with Crippen molar-refractivity contribution in [1.82, 2.24) is 0 Å². The lowest BCUT2D eigenvalue weighted by Gasteiger charge is -2.41. The summed E-state index contributed by atoms with van der Waals surface area (Å²) in [6, 6.07) is 1.89.